The van der Waals surface area contributed by atoms with E-state index in [1.54, 1.807) is 37.0 Å². The van der Waals surface area contributed by atoms with Gasteiger partial charge in [0, 0.05) is 37.7 Å². The van der Waals surface area contributed by atoms with Crippen LogP contribution in [0.25, 0.3) is 28.2 Å². The van der Waals surface area contributed by atoms with E-state index < -0.39 is 11.2 Å². The average molecular weight is 529 g/mol. The van der Waals surface area contributed by atoms with Crippen molar-refractivity contribution in [3.8, 4) is 17.1 Å². The summed E-state index contributed by atoms with van der Waals surface area (Å²) in [5, 5.41) is 18.9. The van der Waals surface area contributed by atoms with E-state index in [4.69, 9.17) is 4.42 Å². The molecule has 2 atom stereocenters. The lowest BCUT2D eigenvalue weighted by Gasteiger charge is -2.22. The van der Waals surface area contributed by atoms with E-state index in [1.807, 2.05) is 6.92 Å². The van der Waals surface area contributed by atoms with Crippen LogP contribution in [0.1, 0.15) is 32.1 Å². The molecule has 12 heteroatoms. The first-order chi connectivity index (χ1) is 16.3. The van der Waals surface area contributed by atoms with Crippen LogP contribution in [-0.2, 0) is 4.79 Å². The number of fused-ring (bicyclic) bond motifs is 1. The standard InChI is InChI=1S/C22H22BrFN8O2/c1-11-29-30-19(34-11)14-5-4-13(8-16(14)24)32-18-15(17(23)31-32)10-26-21(28-18)27-12-6-7-22(2,9-12)20(33)25-3/h4-5,8,10,12H,6-7,9H2,1-3H3,(H,25,33)(H,26,27,28)/t12-,22-/m1/s1. The zero-order valence-electron chi connectivity index (χ0n) is 18.8. The van der Waals surface area contributed by atoms with Crippen molar-refractivity contribution >= 4 is 38.8 Å². The van der Waals surface area contributed by atoms with E-state index in [0.717, 1.165) is 12.8 Å². The fourth-order valence-corrected chi connectivity index (χ4v) is 4.83. The second kappa shape index (κ2) is 8.42. The second-order valence-corrected chi connectivity index (χ2v) is 9.40. The van der Waals surface area contributed by atoms with Gasteiger partial charge in [0.25, 0.3) is 5.89 Å². The van der Waals surface area contributed by atoms with Gasteiger partial charge in [-0.2, -0.15) is 10.1 Å². The van der Waals surface area contributed by atoms with Crippen LogP contribution in [0.2, 0.25) is 0 Å². The summed E-state index contributed by atoms with van der Waals surface area (Å²) in [6.45, 7) is 3.61. The first-order valence-electron chi connectivity index (χ1n) is 10.8. The predicted octanol–water partition coefficient (Wildman–Crippen LogP) is 3.79. The minimum absolute atomic E-state index is 0.0383. The van der Waals surface area contributed by atoms with Crippen LogP contribution in [0, 0.1) is 18.2 Å². The summed E-state index contributed by atoms with van der Waals surface area (Å²) in [5.41, 5.74) is 0.776. The van der Waals surface area contributed by atoms with Crippen molar-refractivity contribution in [2.75, 3.05) is 12.4 Å². The largest absolute Gasteiger partial charge is 0.421 e. The number of hydrogen-bond acceptors (Lipinski definition) is 8. The number of aromatic nitrogens is 6. The molecule has 1 fully saturated rings. The minimum Gasteiger partial charge on any atom is -0.421 e. The Kier molecular flexibility index (Phi) is 5.54. The minimum atomic E-state index is -0.521. The van der Waals surface area contributed by atoms with Crippen LogP contribution in [-0.4, -0.2) is 48.9 Å². The molecule has 3 aromatic heterocycles. The second-order valence-electron chi connectivity index (χ2n) is 8.65. The highest BCUT2D eigenvalue weighted by Gasteiger charge is 2.41. The number of nitrogens with one attached hydrogen (secondary N) is 2. The van der Waals surface area contributed by atoms with Crippen molar-refractivity contribution in [1.82, 2.24) is 35.3 Å². The van der Waals surface area contributed by atoms with Crippen LogP contribution >= 0.6 is 15.9 Å². The normalized spacial score (nSPS) is 20.1. The number of hydrogen-bond donors (Lipinski definition) is 2. The summed E-state index contributed by atoms with van der Waals surface area (Å²) < 4.78 is 22.3. The Balaban J connectivity index is 1.45. The molecule has 0 radical (unpaired) electrons. The molecule has 0 saturated heterocycles. The molecule has 3 heterocycles. The molecule has 4 aromatic rings. The highest BCUT2D eigenvalue weighted by atomic mass is 79.9. The first kappa shape index (κ1) is 22.4. The summed E-state index contributed by atoms with van der Waals surface area (Å²) in [6.07, 6.45) is 3.95. The number of carbonyl (C=O) groups excluding carboxylic acids is 1. The molecule has 1 aliphatic rings. The molecule has 1 saturated carbocycles. The molecule has 0 aliphatic heterocycles. The van der Waals surface area contributed by atoms with E-state index in [9.17, 15) is 9.18 Å². The number of benzene rings is 1. The molecule has 1 amide bonds. The molecule has 0 spiro atoms. The van der Waals surface area contributed by atoms with Gasteiger partial charge in [0.2, 0.25) is 17.7 Å². The van der Waals surface area contributed by atoms with Crippen molar-refractivity contribution in [3.05, 3.63) is 40.7 Å². The van der Waals surface area contributed by atoms with Gasteiger partial charge < -0.3 is 15.1 Å². The average Bonchev–Trinajstić information content (AvgIpc) is 3.51. The van der Waals surface area contributed by atoms with Crippen LogP contribution in [0.15, 0.2) is 33.4 Å². The molecule has 0 bridgehead atoms. The Morgan fingerprint density at radius 1 is 1.35 bits per heavy atom. The molecule has 1 aromatic carbocycles. The molecule has 2 N–H and O–H groups in total. The van der Waals surface area contributed by atoms with Gasteiger partial charge in [-0.05, 0) is 47.3 Å². The molecular formula is C22H22BrFN8O2. The maximum atomic E-state index is 14.9. The molecule has 176 valence electrons. The van der Waals surface area contributed by atoms with Gasteiger partial charge in [0.05, 0.1) is 16.6 Å². The topological polar surface area (TPSA) is 124 Å². The van der Waals surface area contributed by atoms with Gasteiger partial charge in [-0.1, -0.05) is 6.92 Å². The zero-order valence-corrected chi connectivity index (χ0v) is 20.3. The smallest absolute Gasteiger partial charge is 0.250 e. The number of aryl methyl sites for hydroxylation is 1. The molecule has 10 nitrogen and oxygen atoms in total. The molecule has 34 heavy (non-hydrogen) atoms. The Bertz CT molecular complexity index is 1400. The summed E-state index contributed by atoms with van der Waals surface area (Å²) in [6, 6.07) is 4.68. The number of anilines is 1. The first-order valence-corrected chi connectivity index (χ1v) is 11.6. The van der Waals surface area contributed by atoms with Crippen molar-refractivity contribution in [3.63, 3.8) is 0 Å². The van der Waals surface area contributed by atoms with Crippen molar-refractivity contribution in [1.29, 1.82) is 0 Å². The van der Waals surface area contributed by atoms with E-state index >= 15 is 0 Å². The third kappa shape index (κ3) is 3.91. The van der Waals surface area contributed by atoms with Crippen LogP contribution in [0.5, 0.6) is 0 Å². The fraction of sp³-hybridized carbons (Fsp3) is 0.364. The zero-order chi connectivity index (χ0) is 24.0. The quantitative estimate of drug-likeness (QED) is 0.400. The highest BCUT2D eigenvalue weighted by molar-refractivity contribution is 9.10. The lowest BCUT2D eigenvalue weighted by Crippen LogP contribution is -2.35. The number of halogens is 2. The third-order valence-electron chi connectivity index (χ3n) is 6.18. The lowest BCUT2D eigenvalue weighted by atomic mass is 9.87. The van der Waals surface area contributed by atoms with Crippen molar-refractivity contribution in [2.24, 2.45) is 5.41 Å². The molecule has 5 rings (SSSR count). The predicted molar refractivity (Wildman–Crippen MR) is 126 cm³/mol. The Labute approximate surface area is 202 Å². The summed E-state index contributed by atoms with van der Waals surface area (Å²) in [5.74, 6) is 0.409. The van der Waals surface area contributed by atoms with E-state index in [2.05, 4.69) is 51.8 Å². The maximum Gasteiger partial charge on any atom is 0.250 e. The van der Waals surface area contributed by atoms with Crippen LogP contribution < -0.4 is 10.6 Å². The lowest BCUT2D eigenvalue weighted by molar-refractivity contribution is -0.129. The Morgan fingerprint density at radius 3 is 2.88 bits per heavy atom. The van der Waals surface area contributed by atoms with E-state index in [0.29, 0.717) is 39.6 Å². The summed E-state index contributed by atoms with van der Waals surface area (Å²) in [4.78, 5) is 21.3. The number of rotatable bonds is 5. The van der Waals surface area contributed by atoms with E-state index in [-0.39, 0.29) is 23.4 Å². The van der Waals surface area contributed by atoms with Crippen molar-refractivity contribution in [2.45, 2.75) is 39.2 Å². The Hall–Kier alpha value is -3.41. The molecule has 1 aliphatic carbocycles. The van der Waals surface area contributed by atoms with Gasteiger partial charge in [0.15, 0.2) is 5.65 Å². The van der Waals surface area contributed by atoms with Gasteiger partial charge in [-0.15, -0.1) is 10.2 Å². The van der Waals surface area contributed by atoms with Crippen LogP contribution in [0.4, 0.5) is 10.3 Å². The number of carbonyl (C=O) groups is 1. The molecular weight excluding hydrogens is 507 g/mol. The monoisotopic (exact) mass is 528 g/mol. The van der Waals surface area contributed by atoms with Gasteiger partial charge in [0.1, 0.15) is 10.4 Å². The third-order valence-corrected chi connectivity index (χ3v) is 6.77. The fourth-order valence-electron chi connectivity index (χ4n) is 4.39. The Morgan fingerprint density at radius 2 is 2.18 bits per heavy atom. The molecule has 0 unspecified atom stereocenters. The SMILES string of the molecule is CNC(=O)[C@]1(C)CC[C@@H](Nc2ncc3c(Br)nn(-c4ccc(-c5nnc(C)o5)c(F)c4)c3n2)C1. The highest BCUT2D eigenvalue weighted by Crippen LogP contribution is 2.39. The van der Waals surface area contributed by atoms with E-state index in [1.165, 1.54) is 6.07 Å². The van der Waals surface area contributed by atoms with Crippen LogP contribution in [0.3, 0.4) is 0 Å². The van der Waals surface area contributed by atoms with Gasteiger partial charge in [-0.3, -0.25) is 4.79 Å². The number of nitrogens with zero attached hydrogens (tertiary/aromatic N) is 6. The van der Waals surface area contributed by atoms with Gasteiger partial charge >= 0.3 is 0 Å². The van der Waals surface area contributed by atoms with Crippen molar-refractivity contribution < 1.29 is 13.6 Å². The number of amides is 1. The summed E-state index contributed by atoms with van der Waals surface area (Å²) >= 11 is 3.44. The van der Waals surface area contributed by atoms with Gasteiger partial charge in [-0.25, -0.2) is 14.1 Å². The summed E-state index contributed by atoms with van der Waals surface area (Å²) in [7, 11) is 1.66. The maximum absolute atomic E-state index is 14.9.